The molecule has 0 saturated carbocycles. The number of carbonyl (C=O) groups excluding carboxylic acids is 4. The first-order valence-corrected chi connectivity index (χ1v) is 16.1. The molecule has 0 aromatic heterocycles. The first-order chi connectivity index (χ1) is 20.7. The molecule has 2 atom stereocenters. The predicted molar refractivity (Wildman–Crippen MR) is 173 cm³/mol. The first-order valence-electron chi connectivity index (χ1n) is 14.6. The topological polar surface area (TPSA) is 93.2 Å². The number of carbonyl (C=O) groups is 4. The molecule has 0 N–H and O–H groups in total. The molecule has 0 radical (unpaired) electrons. The van der Waals surface area contributed by atoms with Gasteiger partial charge in [-0.25, -0.2) is 0 Å². The molecule has 12 heteroatoms. The molecular formula is C32H38Cl4N2O6. The van der Waals surface area contributed by atoms with E-state index in [1.54, 1.807) is 47.9 Å². The Kier molecular flexibility index (Phi) is 12.8. The van der Waals surface area contributed by atoms with Crippen LogP contribution in [-0.2, 0) is 19.1 Å². The van der Waals surface area contributed by atoms with Gasteiger partial charge >= 0.3 is 11.9 Å². The van der Waals surface area contributed by atoms with Crippen LogP contribution in [0.25, 0.3) is 0 Å². The second kappa shape index (κ2) is 15.7. The van der Waals surface area contributed by atoms with Crippen LogP contribution in [-0.4, -0.2) is 59.9 Å². The van der Waals surface area contributed by atoms with E-state index in [2.05, 4.69) is 0 Å². The van der Waals surface area contributed by atoms with Crippen molar-refractivity contribution in [2.24, 2.45) is 11.8 Å². The molecule has 2 amide bonds. The third-order valence-corrected chi connectivity index (χ3v) is 8.54. The van der Waals surface area contributed by atoms with Gasteiger partial charge in [0.05, 0.1) is 58.2 Å². The fourth-order valence-corrected chi connectivity index (χ4v) is 6.05. The van der Waals surface area contributed by atoms with E-state index in [0.29, 0.717) is 57.5 Å². The first kappa shape index (κ1) is 36.0. The Bertz CT molecular complexity index is 1310. The van der Waals surface area contributed by atoms with E-state index in [4.69, 9.17) is 55.9 Å². The summed E-state index contributed by atoms with van der Waals surface area (Å²) < 4.78 is 10.1. The molecule has 0 bridgehead atoms. The summed E-state index contributed by atoms with van der Waals surface area (Å²) in [5.41, 5.74) is 2.52. The summed E-state index contributed by atoms with van der Waals surface area (Å²) in [5, 5.41) is 1.45. The summed E-state index contributed by atoms with van der Waals surface area (Å²) in [6.45, 7) is 13.4. The van der Waals surface area contributed by atoms with Crippen molar-refractivity contribution in [2.75, 3.05) is 26.3 Å². The zero-order valence-corrected chi connectivity index (χ0v) is 28.7. The highest BCUT2D eigenvalue weighted by Gasteiger charge is 2.40. The minimum Gasteiger partial charge on any atom is -0.466 e. The van der Waals surface area contributed by atoms with Crippen molar-refractivity contribution in [1.82, 2.24) is 9.80 Å². The lowest BCUT2D eigenvalue weighted by Crippen LogP contribution is -2.33. The molecule has 2 aromatic carbocycles. The molecule has 4 rings (SSSR count). The molecule has 2 aliphatic heterocycles. The highest BCUT2D eigenvalue weighted by atomic mass is 35.5. The van der Waals surface area contributed by atoms with Crippen molar-refractivity contribution in [3.63, 3.8) is 0 Å². The number of fused-ring (bicyclic) bond motifs is 2. The van der Waals surface area contributed by atoms with Crippen molar-refractivity contribution >= 4 is 70.2 Å². The van der Waals surface area contributed by atoms with E-state index < -0.39 is 0 Å². The van der Waals surface area contributed by atoms with Crippen LogP contribution < -0.4 is 0 Å². The highest BCUT2D eigenvalue weighted by Crippen LogP contribution is 2.42. The summed E-state index contributed by atoms with van der Waals surface area (Å²) in [6, 6.07) is 5.83. The van der Waals surface area contributed by atoms with Gasteiger partial charge in [-0.2, -0.15) is 0 Å². The smallest absolute Gasteiger partial charge is 0.308 e. The normalized spacial score (nSPS) is 17.1. The average molecular weight is 688 g/mol. The molecule has 2 heterocycles. The van der Waals surface area contributed by atoms with Gasteiger partial charge in [0.2, 0.25) is 0 Å². The van der Waals surface area contributed by atoms with Crippen molar-refractivity contribution in [2.45, 2.75) is 66.5 Å². The fraction of sp³-hybridized carbons (Fsp3) is 0.500. The minimum atomic E-state index is -0.348. The fourth-order valence-electron chi connectivity index (χ4n) is 5.38. The Morgan fingerprint density at radius 2 is 0.977 bits per heavy atom. The molecular weight excluding hydrogens is 650 g/mol. The molecule has 8 nitrogen and oxygen atoms in total. The third-order valence-electron chi connectivity index (χ3n) is 7.09. The van der Waals surface area contributed by atoms with Gasteiger partial charge in [0.25, 0.3) is 11.8 Å². The Morgan fingerprint density at radius 3 is 1.27 bits per heavy atom. The van der Waals surface area contributed by atoms with Gasteiger partial charge in [0.15, 0.2) is 0 Å². The van der Waals surface area contributed by atoms with Crippen molar-refractivity contribution in [3.05, 3.63) is 66.6 Å². The SMILES string of the molecule is CCOC(=O)CC1c2cc(Cl)c(Cl)cc2C(=O)N1CC(C)C.CCOC(=O)CC1c2cc(Cl)c(Cl)cc2C(=O)N1CC(C)C. The summed E-state index contributed by atoms with van der Waals surface area (Å²) in [4.78, 5) is 52.4. The summed E-state index contributed by atoms with van der Waals surface area (Å²) in [5.74, 6) is -0.308. The van der Waals surface area contributed by atoms with Crippen LogP contribution >= 0.6 is 46.4 Å². The maximum absolute atomic E-state index is 12.6. The van der Waals surface area contributed by atoms with Crippen LogP contribution in [0.4, 0.5) is 0 Å². The summed E-state index contributed by atoms with van der Waals surface area (Å²) in [7, 11) is 0. The molecule has 0 saturated heterocycles. The Hall–Kier alpha value is -2.52. The molecule has 0 fully saturated rings. The number of amides is 2. The lowest BCUT2D eigenvalue weighted by atomic mass is 10.0. The third kappa shape index (κ3) is 8.39. The molecule has 2 aliphatic rings. The van der Waals surface area contributed by atoms with Crippen LogP contribution in [0.2, 0.25) is 20.1 Å². The standard InChI is InChI=1S/2C16H19Cl2NO3/c2*1-4-22-15(20)7-14-10-5-12(17)13(18)6-11(10)16(21)19(14)8-9(2)3/h2*5-6,9,14H,4,7-8H2,1-3H3. The summed E-state index contributed by atoms with van der Waals surface area (Å²) >= 11 is 24.2. The number of nitrogens with zero attached hydrogens (tertiary/aromatic N) is 2. The highest BCUT2D eigenvalue weighted by molar-refractivity contribution is 6.43. The van der Waals surface area contributed by atoms with Gasteiger partial charge in [-0.3, -0.25) is 19.2 Å². The molecule has 44 heavy (non-hydrogen) atoms. The van der Waals surface area contributed by atoms with Crippen LogP contribution in [0.15, 0.2) is 24.3 Å². The second-order valence-corrected chi connectivity index (χ2v) is 13.1. The number of hydrogen-bond donors (Lipinski definition) is 0. The van der Waals surface area contributed by atoms with E-state index in [0.717, 1.165) is 11.1 Å². The van der Waals surface area contributed by atoms with Gasteiger partial charge in [-0.1, -0.05) is 74.1 Å². The molecule has 2 aromatic rings. The zero-order chi connectivity index (χ0) is 32.9. The van der Waals surface area contributed by atoms with E-state index in [9.17, 15) is 19.2 Å². The number of esters is 2. The Labute approximate surface area is 278 Å². The largest absolute Gasteiger partial charge is 0.466 e. The van der Waals surface area contributed by atoms with Crippen LogP contribution in [0, 0.1) is 11.8 Å². The number of ether oxygens (including phenoxy) is 2. The quantitative estimate of drug-likeness (QED) is 0.234. The zero-order valence-electron chi connectivity index (χ0n) is 25.7. The second-order valence-electron chi connectivity index (χ2n) is 11.5. The molecule has 240 valence electrons. The maximum Gasteiger partial charge on any atom is 0.308 e. The minimum absolute atomic E-state index is 0.114. The molecule has 0 spiro atoms. The number of hydrogen-bond acceptors (Lipinski definition) is 6. The summed E-state index contributed by atoms with van der Waals surface area (Å²) in [6.07, 6.45) is 0.245. The molecule has 2 unspecified atom stereocenters. The van der Waals surface area contributed by atoms with Gasteiger partial charge in [-0.15, -0.1) is 0 Å². The van der Waals surface area contributed by atoms with Crippen molar-refractivity contribution in [1.29, 1.82) is 0 Å². The van der Waals surface area contributed by atoms with Gasteiger partial charge in [0, 0.05) is 24.2 Å². The molecule has 0 aliphatic carbocycles. The lowest BCUT2D eigenvalue weighted by Gasteiger charge is -2.26. The van der Waals surface area contributed by atoms with Gasteiger partial charge < -0.3 is 19.3 Å². The van der Waals surface area contributed by atoms with E-state index in [1.807, 2.05) is 27.7 Å². The van der Waals surface area contributed by atoms with E-state index in [-0.39, 0.29) is 60.5 Å². The number of benzene rings is 2. The van der Waals surface area contributed by atoms with E-state index >= 15 is 0 Å². The van der Waals surface area contributed by atoms with Crippen LogP contribution in [0.3, 0.4) is 0 Å². The van der Waals surface area contributed by atoms with Crippen molar-refractivity contribution < 1.29 is 28.7 Å². The van der Waals surface area contributed by atoms with Gasteiger partial charge in [0.1, 0.15) is 0 Å². The number of halogens is 4. The average Bonchev–Trinajstić information content (AvgIpc) is 3.30. The number of rotatable bonds is 10. The van der Waals surface area contributed by atoms with E-state index in [1.165, 1.54) is 0 Å². The maximum atomic E-state index is 12.6. The predicted octanol–water partition coefficient (Wildman–Crippen LogP) is 8.20. The van der Waals surface area contributed by atoms with Crippen LogP contribution in [0.1, 0.15) is 98.3 Å². The van der Waals surface area contributed by atoms with Crippen LogP contribution in [0.5, 0.6) is 0 Å². The monoisotopic (exact) mass is 686 g/mol. The lowest BCUT2D eigenvalue weighted by molar-refractivity contribution is -0.145. The Balaban J connectivity index is 0.000000240. The van der Waals surface area contributed by atoms with Crippen molar-refractivity contribution in [3.8, 4) is 0 Å². The van der Waals surface area contributed by atoms with Gasteiger partial charge in [-0.05, 0) is 61.1 Å². The Morgan fingerprint density at radius 1 is 0.659 bits per heavy atom.